The van der Waals surface area contributed by atoms with Gasteiger partial charge in [0.25, 0.3) is 0 Å². The highest BCUT2D eigenvalue weighted by Gasteiger charge is 2.42. The Hall–Kier alpha value is -0.400. The van der Waals surface area contributed by atoms with Crippen molar-refractivity contribution in [2.24, 2.45) is 0 Å². The summed E-state index contributed by atoms with van der Waals surface area (Å²) in [7, 11) is 0. The third kappa shape index (κ3) is 8.34. The highest BCUT2D eigenvalue weighted by Crippen LogP contribution is 2.32. The van der Waals surface area contributed by atoms with Crippen LogP contribution in [0.3, 0.4) is 0 Å². The maximum atomic E-state index is 13.0. The molecule has 0 bridgehead atoms. The number of thioether (sulfide) groups is 1. The molecule has 0 saturated carbocycles. The lowest BCUT2D eigenvalue weighted by molar-refractivity contribution is -0.185. The van der Waals surface area contributed by atoms with Gasteiger partial charge in [0.1, 0.15) is 0 Å². The topological polar surface area (TPSA) is 17.1 Å². The summed E-state index contributed by atoms with van der Waals surface area (Å²) in [6, 6.07) is 0. The van der Waals surface area contributed by atoms with Gasteiger partial charge in [0, 0.05) is 25.5 Å². The van der Waals surface area contributed by atoms with Crippen LogP contribution in [0.1, 0.15) is 26.2 Å². The first-order valence-corrected chi connectivity index (χ1v) is 5.75. The van der Waals surface area contributed by atoms with E-state index in [9.17, 15) is 31.1 Å². The van der Waals surface area contributed by atoms with Crippen LogP contribution < -0.4 is 0 Å². The SMILES string of the molecule is CC(=O)SCCC(F)(F)CCC(F)C(F)(F)F. The van der Waals surface area contributed by atoms with Gasteiger partial charge in [0.05, 0.1) is 0 Å². The fraction of sp³-hybridized carbons (Fsp3) is 0.889. The van der Waals surface area contributed by atoms with E-state index in [0.717, 1.165) is 0 Å². The van der Waals surface area contributed by atoms with Crippen molar-refractivity contribution in [1.82, 2.24) is 0 Å². The second-order valence-electron chi connectivity index (χ2n) is 3.49. The van der Waals surface area contributed by atoms with E-state index >= 15 is 0 Å². The molecule has 0 radical (unpaired) electrons. The lowest BCUT2D eigenvalue weighted by atomic mass is 10.1. The Balaban J connectivity index is 3.96. The molecular formula is C9H12F6OS. The van der Waals surface area contributed by atoms with Gasteiger partial charge in [-0.1, -0.05) is 11.8 Å². The van der Waals surface area contributed by atoms with Gasteiger partial charge in [-0.25, -0.2) is 13.2 Å². The smallest absolute Gasteiger partial charge is 0.288 e. The molecule has 17 heavy (non-hydrogen) atoms. The highest BCUT2D eigenvalue weighted by molar-refractivity contribution is 8.13. The molecule has 0 aliphatic rings. The Kier molecular flexibility index (Phi) is 6.36. The van der Waals surface area contributed by atoms with Crippen molar-refractivity contribution in [2.75, 3.05) is 5.75 Å². The van der Waals surface area contributed by atoms with Crippen molar-refractivity contribution in [2.45, 2.75) is 44.5 Å². The van der Waals surface area contributed by atoms with Gasteiger partial charge in [0.2, 0.25) is 5.92 Å². The zero-order chi connectivity index (χ0) is 13.7. The molecule has 0 amide bonds. The van der Waals surface area contributed by atoms with E-state index in [1.165, 1.54) is 6.92 Å². The molecule has 0 N–H and O–H groups in total. The van der Waals surface area contributed by atoms with Crippen LogP contribution >= 0.6 is 11.8 Å². The van der Waals surface area contributed by atoms with Gasteiger partial charge < -0.3 is 0 Å². The first kappa shape index (κ1) is 16.6. The van der Waals surface area contributed by atoms with Crippen molar-refractivity contribution in [3.05, 3.63) is 0 Å². The lowest BCUT2D eigenvalue weighted by Gasteiger charge is -2.18. The second kappa shape index (κ2) is 6.51. The first-order chi connectivity index (χ1) is 7.54. The summed E-state index contributed by atoms with van der Waals surface area (Å²) in [6.45, 7) is 1.20. The van der Waals surface area contributed by atoms with Crippen LogP contribution in [-0.2, 0) is 4.79 Å². The molecule has 0 aromatic heterocycles. The lowest BCUT2D eigenvalue weighted by Crippen LogP contribution is -2.27. The molecule has 0 aliphatic heterocycles. The van der Waals surface area contributed by atoms with Crippen molar-refractivity contribution < 1.29 is 31.1 Å². The number of hydrogen-bond donors (Lipinski definition) is 0. The summed E-state index contributed by atoms with van der Waals surface area (Å²) >= 11 is 0.663. The van der Waals surface area contributed by atoms with Crippen LogP contribution in [0.4, 0.5) is 26.3 Å². The molecule has 0 heterocycles. The molecule has 0 saturated heterocycles. The molecule has 0 rings (SSSR count). The molecule has 1 atom stereocenters. The summed E-state index contributed by atoms with van der Waals surface area (Å²) in [5, 5.41) is -0.348. The highest BCUT2D eigenvalue weighted by atomic mass is 32.2. The standard InChI is InChI=1S/C9H12F6OS/c1-6(16)17-5-4-8(11,12)3-2-7(10)9(13,14)15/h7H,2-5H2,1H3. The Morgan fingerprint density at radius 1 is 1.18 bits per heavy atom. The van der Waals surface area contributed by atoms with Crippen molar-refractivity contribution in [1.29, 1.82) is 0 Å². The van der Waals surface area contributed by atoms with E-state index in [0.29, 0.717) is 11.8 Å². The minimum atomic E-state index is -5.09. The largest absolute Gasteiger partial charge is 0.419 e. The summed E-state index contributed by atoms with van der Waals surface area (Å²) in [5.41, 5.74) is 0. The number of carbonyl (C=O) groups excluding carboxylic acids is 1. The fourth-order valence-corrected chi connectivity index (χ4v) is 1.66. The zero-order valence-electron chi connectivity index (χ0n) is 8.99. The molecule has 0 fully saturated rings. The maximum Gasteiger partial charge on any atom is 0.419 e. The van der Waals surface area contributed by atoms with E-state index in [1.807, 2.05) is 0 Å². The van der Waals surface area contributed by atoms with Crippen molar-refractivity contribution >= 4 is 16.9 Å². The minimum absolute atomic E-state index is 0.189. The molecule has 1 unspecified atom stereocenters. The van der Waals surface area contributed by atoms with Gasteiger partial charge in [-0.3, -0.25) is 4.79 Å². The zero-order valence-corrected chi connectivity index (χ0v) is 9.81. The fourth-order valence-electron chi connectivity index (χ4n) is 0.971. The average Bonchev–Trinajstić information content (AvgIpc) is 2.11. The Morgan fingerprint density at radius 3 is 2.12 bits per heavy atom. The number of hydrogen-bond acceptors (Lipinski definition) is 2. The molecule has 0 aromatic carbocycles. The van der Waals surface area contributed by atoms with E-state index in [4.69, 9.17) is 0 Å². The predicted molar refractivity (Wildman–Crippen MR) is 52.9 cm³/mol. The number of rotatable bonds is 6. The third-order valence-electron chi connectivity index (χ3n) is 1.89. The average molecular weight is 282 g/mol. The van der Waals surface area contributed by atoms with Crippen LogP contribution in [0.15, 0.2) is 0 Å². The number of alkyl halides is 6. The van der Waals surface area contributed by atoms with E-state index in [2.05, 4.69) is 0 Å². The Morgan fingerprint density at radius 2 is 1.71 bits per heavy atom. The molecule has 102 valence electrons. The van der Waals surface area contributed by atoms with E-state index in [-0.39, 0.29) is 10.9 Å². The van der Waals surface area contributed by atoms with Gasteiger partial charge in [-0.2, -0.15) is 13.2 Å². The first-order valence-electron chi connectivity index (χ1n) is 4.76. The molecule has 8 heteroatoms. The van der Waals surface area contributed by atoms with Crippen LogP contribution in [0.2, 0.25) is 0 Å². The predicted octanol–water partition coefficient (Wildman–Crippen LogP) is 3.97. The minimum Gasteiger partial charge on any atom is -0.288 e. The quantitative estimate of drug-likeness (QED) is 0.686. The molecule has 1 nitrogen and oxygen atoms in total. The number of halogens is 6. The Labute approximate surface area is 98.9 Å². The van der Waals surface area contributed by atoms with E-state index in [1.54, 1.807) is 0 Å². The third-order valence-corrected chi connectivity index (χ3v) is 2.71. The number of carbonyl (C=O) groups is 1. The van der Waals surface area contributed by atoms with Crippen LogP contribution in [0.25, 0.3) is 0 Å². The van der Waals surface area contributed by atoms with Gasteiger partial charge in [-0.15, -0.1) is 0 Å². The van der Waals surface area contributed by atoms with Crippen LogP contribution in [-0.4, -0.2) is 29.1 Å². The summed E-state index contributed by atoms with van der Waals surface area (Å²) in [4.78, 5) is 10.4. The second-order valence-corrected chi connectivity index (χ2v) is 4.77. The van der Waals surface area contributed by atoms with Crippen LogP contribution in [0, 0.1) is 0 Å². The molecule has 0 spiro atoms. The Bertz CT molecular complexity index is 252. The summed E-state index contributed by atoms with van der Waals surface area (Å²) < 4.78 is 73.4. The normalized spacial score (nSPS) is 14.8. The summed E-state index contributed by atoms with van der Waals surface area (Å²) in [5.74, 6) is -3.57. The summed E-state index contributed by atoms with van der Waals surface area (Å²) in [6.07, 6.45) is -11.5. The van der Waals surface area contributed by atoms with Crippen LogP contribution in [0.5, 0.6) is 0 Å². The molecule has 0 aliphatic carbocycles. The van der Waals surface area contributed by atoms with E-state index < -0.39 is 37.5 Å². The maximum absolute atomic E-state index is 13.0. The molecular weight excluding hydrogens is 270 g/mol. The van der Waals surface area contributed by atoms with Gasteiger partial charge in [-0.05, 0) is 6.42 Å². The molecule has 0 aromatic rings. The van der Waals surface area contributed by atoms with Crippen molar-refractivity contribution in [3.8, 4) is 0 Å². The van der Waals surface area contributed by atoms with Gasteiger partial charge in [0.15, 0.2) is 11.3 Å². The van der Waals surface area contributed by atoms with Crippen molar-refractivity contribution in [3.63, 3.8) is 0 Å². The van der Waals surface area contributed by atoms with Gasteiger partial charge >= 0.3 is 6.18 Å². The monoisotopic (exact) mass is 282 g/mol.